The summed E-state index contributed by atoms with van der Waals surface area (Å²) in [7, 11) is 0. The van der Waals surface area contributed by atoms with Crippen molar-refractivity contribution in [3.8, 4) is 16.3 Å². The largest absolute Gasteiger partial charge is 0.389 e. The molecule has 0 spiro atoms. The molecule has 0 fully saturated rings. The Labute approximate surface area is 140 Å². The van der Waals surface area contributed by atoms with Crippen molar-refractivity contribution >= 4 is 11.3 Å². The van der Waals surface area contributed by atoms with Gasteiger partial charge in [0, 0.05) is 24.8 Å². The Hall–Kier alpha value is -1.95. The van der Waals surface area contributed by atoms with Crippen molar-refractivity contribution in [1.82, 2.24) is 15.1 Å². The fourth-order valence-electron chi connectivity index (χ4n) is 2.38. The summed E-state index contributed by atoms with van der Waals surface area (Å²) in [4.78, 5) is 1.15. The summed E-state index contributed by atoms with van der Waals surface area (Å²) in [5.74, 6) is 0. The van der Waals surface area contributed by atoms with Crippen LogP contribution in [0.4, 0.5) is 0 Å². The van der Waals surface area contributed by atoms with Gasteiger partial charge < -0.3 is 10.4 Å². The maximum atomic E-state index is 9.85. The zero-order valence-corrected chi connectivity index (χ0v) is 14.2. The number of nitrogens with zero attached hydrogens (tertiary/aromatic N) is 2. The van der Waals surface area contributed by atoms with Crippen molar-refractivity contribution in [1.29, 1.82) is 0 Å². The van der Waals surface area contributed by atoms with E-state index < -0.39 is 5.60 Å². The minimum atomic E-state index is -0.724. The number of rotatable bonds is 6. The molecule has 0 saturated heterocycles. The van der Waals surface area contributed by atoms with E-state index in [0.29, 0.717) is 13.1 Å². The summed E-state index contributed by atoms with van der Waals surface area (Å²) in [6.45, 7) is 4.80. The summed E-state index contributed by atoms with van der Waals surface area (Å²) >= 11 is 1.68. The molecule has 0 bridgehead atoms. The average molecular weight is 327 g/mol. The summed E-state index contributed by atoms with van der Waals surface area (Å²) in [6.07, 6.45) is 2.06. The van der Waals surface area contributed by atoms with Crippen LogP contribution in [0.15, 0.2) is 54.0 Å². The molecule has 0 saturated carbocycles. The Morgan fingerprint density at radius 3 is 2.61 bits per heavy atom. The highest BCUT2D eigenvalue weighted by Crippen LogP contribution is 2.27. The third-order valence-corrected chi connectivity index (χ3v) is 4.31. The Kier molecular flexibility index (Phi) is 4.61. The van der Waals surface area contributed by atoms with Gasteiger partial charge in [0.05, 0.1) is 16.2 Å². The van der Waals surface area contributed by atoms with E-state index in [4.69, 9.17) is 5.10 Å². The van der Waals surface area contributed by atoms with E-state index in [1.54, 1.807) is 25.2 Å². The van der Waals surface area contributed by atoms with Crippen LogP contribution in [0.25, 0.3) is 16.3 Å². The minimum absolute atomic E-state index is 0.535. The first-order valence-electron chi connectivity index (χ1n) is 7.64. The number of thiophene rings is 1. The van der Waals surface area contributed by atoms with E-state index in [1.165, 1.54) is 0 Å². The lowest BCUT2D eigenvalue weighted by atomic mass is 10.1. The number of aromatic nitrogens is 2. The van der Waals surface area contributed by atoms with Gasteiger partial charge in [0.25, 0.3) is 0 Å². The van der Waals surface area contributed by atoms with Crippen LogP contribution in [-0.4, -0.2) is 27.0 Å². The predicted molar refractivity (Wildman–Crippen MR) is 94.9 cm³/mol. The zero-order valence-electron chi connectivity index (χ0n) is 13.4. The predicted octanol–water partition coefficient (Wildman–Crippen LogP) is 3.46. The first kappa shape index (κ1) is 15.9. The number of hydrogen-bond acceptors (Lipinski definition) is 4. The van der Waals surface area contributed by atoms with Crippen molar-refractivity contribution in [3.05, 3.63) is 59.6 Å². The monoisotopic (exact) mass is 327 g/mol. The lowest BCUT2D eigenvalue weighted by molar-refractivity contribution is 0.0795. The third-order valence-electron chi connectivity index (χ3n) is 3.44. The van der Waals surface area contributed by atoms with E-state index in [0.717, 1.165) is 21.8 Å². The van der Waals surface area contributed by atoms with Crippen molar-refractivity contribution < 1.29 is 5.11 Å². The van der Waals surface area contributed by atoms with Crippen LogP contribution in [0.3, 0.4) is 0 Å². The third kappa shape index (κ3) is 4.07. The van der Waals surface area contributed by atoms with Gasteiger partial charge in [0.15, 0.2) is 0 Å². The molecule has 0 aliphatic carbocycles. The average Bonchev–Trinajstić information content (AvgIpc) is 3.15. The molecule has 120 valence electrons. The molecule has 3 aromatic rings. The first-order valence-corrected chi connectivity index (χ1v) is 8.52. The molecular formula is C18H21N3OS. The molecule has 0 aliphatic rings. The van der Waals surface area contributed by atoms with Crippen molar-refractivity contribution in [2.45, 2.75) is 26.0 Å². The van der Waals surface area contributed by atoms with Gasteiger partial charge in [-0.15, -0.1) is 11.3 Å². The molecule has 0 atom stereocenters. The number of benzene rings is 1. The SMILES string of the molecule is CC(C)(O)CNCc1cn(-c2ccccc2)nc1-c1cccs1. The molecule has 4 nitrogen and oxygen atoms in total. The van der Waals surface area contributed by atoms with Crippen molar-refractivity contribution in [3.63, 3.8) is 0 Å². The first-order chi connectivity index (χ1) is 11.0. The summed E-state index contributed by atoms with van der Waals surface area (Å²) in [6, 6.07) is 14.2. The van der Waals surface area contributed by atoms with Crippen LogP contribution in [-0.2, 0) is 6.54 Å². The van der Waals surface area contributed by atoms with E-state index in [1.807, 2.05) is 41.1 Å². The van der Waals surface area contributed by atoms with Crippen LogP contribution in [0.1, 0.15) is 19.4 Å². The molecule has 3 rings (SSSR count). The molecular weight excluding hydrogens is 306 g/mol. The lowest BCUT2D eigenvalue weighted by Gasteiger charge is -2.17. The molecule has 1 aromatic carbocycles. The van der Waals surface area contributed by atoms with Gasteiger partial charge in [-0.1, -0.05) is 24.3 Å². The molecule has 0 aliphatic heterocycles. The van der Waals surface area contributed by atoms with Gasteiger partial charge in [-0.2, -0.15) is 5.10 Å². The van der Waals surface area contributed by atoms with Crippen LogP contribution < -0.4 is 5.32 Å². The Morgan fingerprint density at radius 1 is 1.17 bits per heavy atom. The lowest BCUT2D eigenvalue weighted by Crippen LogP contribution is -2.34. The van der Waals surface area contributed by atoms with Gasteiger partial charge in [-0.25, -0.2) is 4.68 Å². The molecule has 2 heterocycles. The summed E-state index contributed by atoms with van der Waals surface area (Å²) in [5, 5.41) is 20.0. The standard InChI is InChI=1S/C18H21N3OS/c1-18(2,22)13-19-11-14-12-21(15-7-4-3-5-8-15)20-17(14)16-9-6-10-23-16/h3-10,12,19,22H,11,13H2,1-2H3. The van der Waals surface area contributed by atoms with Crippen LogP contribution >= 0.6 is 11.3 Å². The Bertz CT molecular complexity index is 742. The minimum Gasteiger partial charge on any atom is -0.389 e. The molecule has 2 N–H and O–H groups in total. The smallest absolute Gasteiger partial charge is 0.107 e. The van der Waals surface area contributed by atoms with Crippen LogP contribution in [0.2, 0.25) is 0 Å². The maximum Gasteiger partial charge on any atom is 0.107 e. The van der Waals surface area contributed by atoms with E-state index in [9.17, 15) is 5.11 Å². The number of para-hydroxylation sites is 1. The fourth-order valence-corrected chi connectivity index (χ4v) is 3.12. The number of aliphatic hydroxyl groups is 1. The quantitative estimate of drug-likeness (QED) is 0.729. The molecule has 0 radical (unpaired) electrons. The Morgan fingerprint density at radius 2 is 1.96 bits per heavy atom. The second-order valence-electron chi connectivity index (χ2n) is 6.18. The molecule has 0 unspecified atom stereocenters. The van der Waals surface area contributed by atoms with Gasteiger partial charge >= 0.3 is 0 Å². The molecule has 5 heteroatoms. The highest BCUT2D eigenvalue weighted by atomic mass is 32.1. The van der Waals surface area contributed by atoms with E-state index in [-0.39, 0.29) is 0 Å². The molecule has 0 amide bonds. The van der Waals surface area contributed by atoms with Crippen molar-refractivity contribution in [2.24, 2.45) is 0 Å². The van der Waals surface area contributed by atoms with E-state index in [2.05, 4.69) is 23.0 Å². The molecule has 2 aromatic heterocycles. The number of hydrogen-bond donors (Lipinski definition) is 2. The normalized spacial score (nSPS) is 11.8. The zero-order chi connectivity index (χ0) is 16.3. The summed E-state index contributed by atoms with van der Waals surface area (Å²) < 4.78 is 1.91. The highest BCUT2D eigenvalue weighted by molar-refractivity contribution is 7.13. The number of nitrogens with one attached hydrogen (secondary N) is 1. The maximum absolute atomic E-state index is 9.85. The van der Waals surface area contributed by atoms with Gasteiger partial charge in [-0.05, 0) is 37.4 Å². The van der Waals surface area contributed by atoms with Gasteiger partial charge in [0.2, 0.25) is 0 Å². The topological polar surface area (TPSA) is 50.1 Å². The second-order valence-corrected chi connectivity index (χ2v) is 7.12. The van der Waals surface area contributed by atoms with E-state index >= 15 is 0 Å². The fraction of sp³-hybridized carbons (Fsp3) is 0.278. The van der Waals surface area contributed by atoms with Crippen LogP contribution in [0.5, 0.6) is 0 Å². The summed E-state index contributed by atoms with van der Waals surface area (Å²) in [5.41, 5.74) is 2.44. The van der Waals surface area contributed by atoms with Crippen molar-refractivity contribution in [2.75, 3.05) is 6.54 Å². The second kappa shape index (κ2) is 6.66. The highest BCUT2D eigenvalue weighted by Gasteiger charge is 2.15. The van der Waals surface area contributed by atoms with Gasteiger partial charge in [-0.3, -0.25) is 0 Å². The molecule has 23 heavy (non-hydrogen) atoms. The Balaban J connectivity index is 1.89. The van der Waals surface area contributed by atoms with Gasteiger partial charge in [0.1, 0.15) is 5.69 Å². The van der Waals surface area contributed by atoms with Crippen LogP contribution in [0, 0.1) is 0 Å².